The van der Waals surface area contributed by atoms with Gasteiger partial charge in [0.15, 0.2) is 5.82 Å². The molecule has 6 heteroatoms. The molecule has 0 N–H and O–H groups in total. The van der Waals surface area contributed by atoms with Crippen molar-refractivity contribution in [3.63, 3.8) is 0 Å². The Labute approximate surface area is 111 Å². The summed E-state index contributed by atoms with van der Waals surface area (Å²) in [4.78, 5) is 14.1. The van der Waals surface area contributed by atoms with Crippen molar-refractivity contribution in [2.75, 3.05) is 32.1 Å². The minimum atomic E-state index is -0.578. The fourth-order valence-electron chi connectivity index (χ4n) is 2.46. The highest BCUT2D eigenvalue weighted by molar-refractivity contribution is 5.52. The molecule has 0 spiro atoms. The van der Waals surface area contributed by atoms with E-state index in [9.17, 15) is 14.5 Å². The number of piperidine rings is 1. The van der Waals surface area contributed by atoms with Crippen LogP contribution in [0.5, 0.6) is 0 Å². The molecule has 1 aromatic carbocycles. The molecular weight excluding hydrogens is 249 g/mol. The number of anilines is 1. The maximum atomic E-state index is 14.0. The molecule has 0 amide bonds. The molecule has 1 aliphatic rings. The molecule has 0 aromatic heterocycles. The van der Waals surface area contributed by atoms with Crippen LogP contribution < -0.4 is 4.90 Å². The Morgan fingerprint density at radius 1 is 1.47 bits per heavy atom. The van der Waals surface area contributed by atoms with Crippen molar-refractivity contribution >= 4 is 11.4 Å². The number of hydrogen-bond donors (Lipinski definition) is 0. The van der Waals surface area contributed by atoms with Gasteiger partial charge in [-0.15, -0.1) is 0 Å². The molecule has 1 aliphatic heterocycles. The number of rotatable bonds is 3. The minimum Gasteiger partial charge on any atom is -0.368 e. The van der Waals surface area contributed by atoms with E-state index in [1.165, 1.54) is 12.1 Å². The molecule has 104 valence electrons. The quantitative estimate of drug-likeness (QED) is 0.622. The van der Waals surface area contributed by atoms with Gasteiger partial charge >= 0.3 is 0 Å². The topological polar surface area (TPSA) is 49.6 Å². The van der Waals surface area contributed by atoms with Crippen LogP contribution in [0.15, 0.2) is 18.2 Å². The zero-order valence-corrected chi connectivity index (χ0v) is 11.2. The van der Waals surface area contributed by atoms with Crippen molar-refractivity contribution in [2.45, 2.75) is 18.9 Å². The van der Waals surface area contributed by atoms with Crippen molar-refractivity contribution < 1.29 is 9.31 Å². The predicted octanol–water partition coefficient (Wildman–Crippen LogP) is 2.26. The van der Waals surface area contributed by atoms with E-state index in [0.717, 1.165) is 32.0 Å². The van der Waals surface area contributed by atoms with Crippen LogP contribution in [0.2, 0.25) is 0 Å². The summed E-state index contributed by atoms with van der Waals surface area (Å²) in [5.41, 5.74) is 0.250. The van der Waals surface area contributed by atoms with Crippen LogP contribution in [0.1, 0.15) is 12.8 Å². The number of non-ortho nitro benzene ring substituents is 1. The average molecular weight is 267 g/mol. The summed E-state index contributed by atoms with van der Waals surface area (Å²) in [5, 5.41) is 10.6. The van der Waals surface area contributed by atoms with Crippen molar-refractivity contribution in [1.82, 2.24) is 4.90 Å². The van der Waals surface area contributed by atoms with Gasteiger partial charge < -0.3 is 9.80 Å². The van der Waals surface area contributed by atoms with E-state index in [2.05, 4.69) is 4.90 Å². The highest BCUT2D eigenvalue weighted by atomic mass is 19.1. The Morgan fingerprint density at radius 2 is 2.21 bits per heavy atom. The van der Waals surface area contributed by atoms with Crippen LogP contribution in [0.4, 0.5) is 15.8 Å². The molecule has 0 radical (unpaired) electrons. The van der Waals surface area contributed by atoms with Crippen molar-refractivity contribution in [2.24, 2.45) is 0 Å². The van der Waals surface area contributed by atoms with Gasteiger partial charge in [0.1, 0.15) is 0 Å². The first kappa shape index (κ1) is 13.7. The molecule has 1 atom stereocenters. The lowest BCUT2D eigenvalue weighted by Gasteiger charge is -2.37. The Hall–Kier alpha value is -1.69. The Balaban J connectivity index is 2.19. The van der Waals surface area contributed by atoms with Crippen LogP contribution in [0.3, 0.4) is 0 Å². The van der Waals surface area contributed by atoms with E-state index >= 15 is 0 Å². The SMILES string of the molecule is CN(C)C1CCCN(c2ccc([N+](=O)[O-])cc2F)C1. The second kappa shape index (κ2) is 5.52. The number of nitro groups is 1. The summed E-state index contributed by atoms with van der Waals surface area (Å²) in [6.07, 6.45) is 2.09. The summed E-state index contributed by atoms with van der Waals surface area (Å²) >= 11 is 0. The van der Waals surface area contributed by atoms with E-state index in [1.807, 2.05) is 19.0 Å². The summed E-state index contributed by atoms with van der Waals surface area (Å²) < 4.78 is 14.0. The highest BCUT2D eigenvalue weighted by Gasteiger charge is 2.24. The van der Waals surface area contributed by atoms with Crippen molar-refractivity contribution in [3.05, 3.63) is 34.1 Å². The van der Waals surface area contributed by atoms with Crippen molar-refractivity contribution in [1.29, 1.82) is 0 Å². The van der Waals surface area contributed by atoms with E-state index in [0.29, 0.717) is 11.7 Å². The number of hydrogen-bond acceptors (Lipinski definition) is 4. The van der Waals surface area contributed by atoms with E-state index in [-0.39, 0.29) is 5.69 Å². The number of halogens is 1. The number of nitrogens with zero attached hydrogens (tertiary/aromatic N) is 3. The number of likely N-dealkylation sites (N-methyl/N-ethyl adjacent to an activating group) is 1. The lowest BCUT2D eigenvalue weighted by Crippen LogP contribution is -2.45. The van der Waals surface area contributed by atoms with Gasteiger partial charge in [-0.3, -0.25) is 10.1 Å². The third kappa shape index (κ3) is 3.01. The Morgan fingerprint density at radius 3 is 2.79 bits per heavy atom. The number of nitro benzene ring substituents is 1. The molecule has 0 saturated carbocycles. The zero-order chi connectivity index (χ0) is 14.0. The van der Waals surface area contributed by atoms with Gasteiger partial charge in [0.25, 0.3) is 5.69 Å². The standard InChI is InChI=1S/C13H18FN3O2/c1-15(2)11-4-3-7-16(9-11)13-6-5-10(17(18)19)8-12(13)14/h5-6,8,11H,3-4,7,9H2,1-2H3. The highest BCUT2D eigenvalue weighted by Crippen LogP contribution is 2.27. The summed E-state index contributed by atoms with van der Waals surface area (Å²) in [6, 6.07) is 4.25. The van der Waals surface area contributed by atoms with Gasteiger partial charge in [0, 0.05) is 25.2 Å². The van der Waals surface area contributed by atoms with Crippen LogP contribution in [-0.4, -0.2) is 43.0 Å². The fourth-order valence-corrected chi connectivity index (χ4v) is 2.46. The predicted molar refractivity (Wildman–Crippen MR) is 72.0 cm³/mol. The molecular formula is C13H18FN3O2. The zero-order valence-electron chi connectivity index (χ0n) is 11.2. The first-order valence-electron chi connectivity index (χ1n) is 6.34. The summed E-state index contributed by atoms with van der Waals surface area (Å²) in [7, 11) is 4.03. The molecule has 0 aliphatic carbocycles. The monoisotopic (exact) mass is 267 g/mol. The molecule has 19 heavy (non-hydrogen) atoms. The Bertz CT molecular complexity index is 479. The van der Waals surface area contributed by atoms with Crippen molar-refractivity contribution in [3.8, 4) is 0 Å². The maximum Gasteiger partial charge on any atom is 0.272 e. The van der Waals surface area contributed by atoms with Gasteiger partial charge in [-0.2, -0.15) is 0 Å². The maximum absolute atomic E-state index is 14.0. The average Bonchev–Trinajstić information content (AvgIpc) is 2.38. The van der Waals surface area contributed by atoms with Crippen LogP contribution >= 0.6 is 0 Å². The molecule has 1 unspecified atom stereocenters. The van der Waals surface area contributed by atoms with Crippen LogP contribution in [-0.2, 0) is 0 Å². The first-order valence-corrected chi connectivity index (χ1v) is 6.34. The summed E-state index contributed by atoms with van der Waals surface area (Å²) in [5.74, 6) is -0.520. The van der Waals surface area contributed by atoms with Gasteiger partial charge in [0.05, 0.1) is 16.7 Å². The smallest absolute Gasteiger partial charge is 0.272 e. The van der Waals surface area contributed by atoms with Gasteiger partial charge in [-0.1, -0.05) is 0 Å². The lowest BCUT2D eigenvalue weighted by atomic mass is 10.0. The molecule has 1 fully saturated rings. The second-order valence-corrected chi connectivity index (χ2v) is 5.10. The first-order chi connectivity index (χ1) is 8.99. The van der Waals surface area contributed by atoms with Gasteiger partial charge in [-0.25, -0.2) is 4.39 Å². The third-order valence-electron chi connectivity index (χ3n) is 3.61. The second-order valence-electron chi connectivity index (χ2n) is 5.10. The molecule has 5 nitrogen and oxygen atoms in total. The van der Waals surface area contributed by atoms with E-state index in [1.54, 1.807) is 0 Å². The van der Waals surface area contributed by atoms with Crippen LogP contribution in [0, 0.1) is 15.9 Å². The molecule has 1 aromatic rings. The van der Waals surface area contributed by atoms with Gasteiger partial charge in [0.2, 0.25) is 0 Å². The fraction of sp³-hybridized carbons (Fsp3) is 0.538. The number of benzene rings is 1. The Kier molecular flexibility index (Phi) is 3.99. The normalized spacial score (nSPS) is 19.8. The minimum absolute atomic E-state index is 0.206. The van der Waals surface area contributed by atoms with Crippen LogP contribution in [0.25, 0.3) is 0 Å². The van der Waals surface area contributed by atoms with E-state index in [4.69, 9.17) is 0 Å². The molecule has 0 bridgehead atoms. The molecule has 1 heterocycles. The summed E-state index contributed by atoms with van der Waals surface area (Å²) in [6.45, 7) is 1.54. The lowest BCUT2D eigenvalue weighted by molar-refractivity contribution is -0.385. The van der Waals surface area contributed by atoms with Gasteiger partial charge in [-0.05, 0) is 33.0 Å². The molecule has 1 saturated heterocycles. The largest absolute Gasteiger partial charge is 0.368 e. The van der Waals surface area contributed by atoms with E-state index < -0.39 is 10.7 Å². The molecule has 2 rings (SSSR count). The third-order valence-corrected chi connectivity index (χ3v) is 3.61.